The number of aliphatic hydroxyl groups is 1. The second kappa shape index (κ2) is 13.6. The highest BCUT2D eigenvalue weighted by Crippen LogP contribution is 2.35. The van der Waals surface area contributed by atoms with Gasteiger partial charge in [0.15, 0.2) is 0 Å². The molecule has 2 N–H and O–H groups in total. The van der Waals surface area contributed by atoms with Gasteiger partial charge >= 0.3 is 5.97 Å². The Bertz CT molecular complexity index is 1270. The number of hydrogen-bond acceptors (Lipinski definition) is 7. The first-order valence-electron chi connectivity index (χ1n) is 12.7. The number of methoxy groups -OCH3 is 1. The number of aromatic nitrogens is 1. The number of nitrogens with one attached hydrogen (secondary N) is 1. The predicted octanol–water partition coefficient (Wildman–Crippen LogP) is 5.87. The van der Waals surface area contributed by atoms with E-state index in [9.17, 15) is 18.7 Å². The van der Waals surface area contributed by atoms with Crippen LogP contribution in [0.4, 0.5) is 8.78 Å². The molecule has 10 heteroatoms. The summed E-state index contributed by atoms with van der Waals surface area (Å²) in [5.74, 6) is -0.290. The summed E-state index contributed by atoms with van der Waals surface area (Å²) >= 11 is 7.53. The van der Waals surface area contributed by atoms with Gasteiger partial charge in [-0.15, -0.1) is 11.8 Å². The van der Waals surface area contributed by atoms with Gasteiger partial charge in [-0.1, -0.05) is 11.6 Å². The van der Waals surface area contributed by atoms with Gasteiger partial charge in [0, 0.05) is 34.3 Å². The van der Waals surface area contributed by atoms with E-state index in [0.717, 1.165) is 19.4 Å². The molecule has 204 valence electrons. The summed E-state index contributed by atoms with van der Waals surface area (Å²) in [5, 5.41) is 15.0. The number of benzene rings is 2. The number of carbonyl (C=O) groups excluding carboxylic acids is 1. The third-order valence-electron chi connectivity index (χ3n) is 6.61. The Kier molecular flexibility index (Phi) is 10.2. The maximum absolute atomic E-state index is 14.8. The van der Waals surface area contributed by atoms with Crippen LogP contribution in [0.25, 0.3) is 10.9 Å². The fraction of sp³-hybridized carbons (Fsp3) is 0.429. The number of nitrogens with zero attached hydrogens (tertiary/aromatic N) is 1. The lowest BCUT2D eigenvalue weighted by molar-refractivity contribution is -0.149. The molecule has 1 aliphatic heterocycles. The van der Waals surface area contributed by atoms with Crippen molar-refractivity contribution in [1.82, 2.24) is 10.3 Å². The van der Waals surface area contributed by atoms with E-state index in [4.69, 9.17) is 21.1 Å². The molecule has 2 heterocycles. The zero-order valence-corrected chi connectivity index (χ0v) is 22.7. The summed E-state index contributed by atoms with van der Waals surface area (Å²) in [6.07, 6.45) is 3.04. The van der Waals surface area contributed by atoms with Crippen molar-refractivity contribution < 1.29 is 28.2 Å². The number of piperidine rings is 1. The summed E-state index contributed by atoms with van der Waals surface area (Å²) in [4.78, 5) is 16.5. The quantitative estimate of drug-likeness (QED) is 0.171. The average molecular weight is 565 g/mol. The second-order valence-corrected chi connectivity index (χ2v) is 10.8. The normalized spacial score (nSPS) is 16.4. The minimum Gasteiger partial charge on any atom is -0.497 e. The summed E-state index contributed by atoms with van der Waals surface area (Å²) in [6.45, 7) is 1.82. The van der Waals surface area contributed by atoms with E-state index in [1.165, 1.54) is 30.1 Å². The summed E-state index contributed by atoms with van der Waals surface area (Å²) < 4.78 is 40.1. The van der Waals surface area contributed by atoms with Crippen LogP contribution in [0.15, 0.2) is 41.4 Å². The van der Waals surface area contributed by atoms with Crippen LogP contribution in [0.3, 0.4) is 0 Å². The zero-order valence-electron chi connectivity index (χ0n) is 21.1. The van der Waals surface area contributed by atoms with Crippen molar-refractivity contribution in [3.63, 3.8) is 0 Å². The van der Waals surface area contributed by atoms with Crippen LogP contribution in [0, 0.1) is 17.6 Å². The first-order valence-corrected chi connectivity index (χ1v) is 14.0. The van der Waals surface area contributed by atoms with Crippen LogP contribution in [-0.4, -0.2) is 48.6 Å². The number of fused-ring (bicyclic) bond motifs is 1. The SMILES string of the molecule is COc1ccc2ncc(Cl)c(C(O)CCc3cc(F)c(SCCCOC(=O)C4CCCNC4)cc3F)c2c1. The number of thioether (sulfide) groups is 1. The third kappa shape index (κ3) is 7.14. The van der Waals surface area contributed by atoms with Crippen molar-refractivity contribution in [1.29, 1.82) is 0 Å². The Morgan fingerprint density at radius 2 is 2.13 bits per heavy atom. The Morgan fingerprint density at radius 3 is 2.89 bits per heavy atom. The van der Waals surface area contributed by atoms with Gasteiger partial charge in [0.25, 0.3) is 0 Å². The number of esters is 1. The van der Waals surface area contributed by atoms with Crippen molar-refractivity contribution >= 4 is 40.2 Å². The van der Waals surface area contributed by atoms with Crippen LogP contribution < -0.4 is 10.1 Å². The monoisotopic (exact) mass is 564 g/mol. The number of rotatable bonds is 11. The maximum atomic E-state index is 14.8. The zero-order chi connectivity index (χ0) is 27.1. The molecule has 6 nitrogen and oxygen atoms in total. The molecule has 0 aliphatic carbocycles. The van der Waals surface area contributed by atoms with E-state index in [-0.39, 0.29) is 46.8 Å². The van der Waals surface area contributed by atoms with Crippen LogP contribution >= 0.6 is 23.4 Å². The minimum atomic E-state index is -1.01. The van der Waals surface area contributed by atoms with Gasteiger partial charge in [0.05, 0.1) is 36.3 Å². The Labute approximate surface area is 230 Å². The van der Waals surface area contributed by atoms with Gasteiger partial charge in [-0.05, 0) is 74.5 Å². The van der Waals surface area contributed by atoms with E-state index in [1.807, 2.05) is 0 Å². The number of aryl methyl sites for hydroxylation is 1. The van der Waals surface area contributed by atoms with Crippen molar-refractivity contribution in [2.24, 2.45) is 5.92 Å². The van der Waals surface area contributed by atoms with Gasteiger partial charge in [-0.25, -0.2) is 8.78 Å². The van der Waals surface area contributed by atoms with Gasteiger partial charge in [0.1, 0.15) is 17.4 Å². The van der Waals surface area contributed by atoms with E-state index >= 15 is 0 Å². The van der Waals surface area contributed by atoms with Gasteiger partial charge in [0.2, 0.25) is 0 Å². The van der Waals surface area contributed by atoms with Crippen molar-refractivity contribution in [3.05, 3.63) is 64.3 Å². The molecular formula is C28H31ClF2N2O4S. The Morgan fingerprint density at radius 1 is 1.29 bits per heavy atom. The molecule has 1 fully saturated rings. The van der Waals surface area contributed by atoms with E-state index < -0.39 is 17.7 Å². The molecule has 0 radical (unpaired) electrons. The molecule has 2 unspecified atom stereocenters. The molecule has 2 atom stereocenters. The number of aliphatic hydroxyl groups excluding tert-OH is 1. The van der Waals surface area contributed by atoms with Crippen LogP contribution in [0.1, 0.15) is 42.9 Å². The second-order valence-electron chi connectivity index (χ2n) is 9.24. The molecule has 0 amide bonds. The third-order valence-corrected chi connectivity index (χ3v) is 8.03. The standard InChI is InChI=1S/C28H31ClF2N2O4S/c1-36-19-6-7-24-20(13-19)27(21(29)16-33-24)25(34)8-5-17-12-23(31)26(14-22(17)30)38-11-3-10-37-28(35)18-4-2-9-32-15-18/h6-7,12-14,16,18,25,32,34H,2-5,8-11,15H2,1H3. The van der Waals surface area contributed by atoms with E-state index in [0.29, 0.717) is 40.9 Å². The smallest absolute Gasteiger partial charge is 0.310 e. The molecule has 1 saturated heterocycles. The van der Waals surface area contributed by atoms with Crippen molar-refractivity contribution in [2.75, 3.05) is 32.6 Å². The lowest BCUT2D eigenvalue weighted by atomic mass is 9.98. The highest BCUT2D eigenvalue weighted by molar-refractivity contribution is 7.99. The molecular weight excluding hydrogens is 534 g/mol. The molecule has 38 heavy (non-hydrogen) atoms. The number of carbonyl (C=O) groups is 1. The lowest BCUT2D eigenvalue weighted by Gasteiger charge is -2.21. The molecule has 3 aromatic rings. The number of halogens is 3. The molecule has 1 aliphatic rings. The number of ether oxygens (including phenoxy) is 2. The van der Waals surface area contributed by atoms with Crippen LogP contribution in [0.5, 0.6) is 5.75 Å². The summed E-state index contributed by atoms with van der Waals surface area (Å²) in [5.41, 5.74) is 1.29. The fourth-order valence-corrected chi connectivity index (χ4v) is 5.67. The lowest BCUT2D eigenvalue weighted by Crippen LogP contribution is -2.35. The van der Waals surface area contributed by atoms with E-state index in [1.54, 1.807) is 25.3 Å². The van der Waals surface area contributed by atoms with Crippen LogP contribution in [-0.2, 0) is 16.0 Å². The van der Waals surface area contributed by atoms with Gasteiger partial charge in [-0.2, -0.15) is 0 Å². The summed E-state index contributed by atoms with van der Waals surface area (Å²) in [7, 11) is 1.54. The van der Waals surface area contributed by atoms with E-state index in [2.05, 4.69) is 10.3 Å². The summed E-state index contributed by atoms with van der Waals surface area (Å²) in [6, 6.07) is 7.63. The molecule has 1 aromatic heterocycles. The molecule has 0 saturated carbocycles. The molecule has 0 spiro atoms. The first kappa shape index (κ1) is 28.5. The average Bonchev–Trinajstić information content (AvgIpc) is 2.93. The number of pyridine rings is 1. The molecule has 4 rings (SSSR count). The van der Waals surface area contributed by atoms with Crippen molar-refractivity contribution in [3.8, 4) is 5.75 Å². The Balaban J connectivity index is 1.31. The fourth-order valence-electron chi connectivity index (χ4n) is 4.53. The van der Waals surface area contributed by atoms with Gasteiger partial charge < -0.3 is 19.9 Å². The Hall–Kier alpha value is -2.46. The van der Waals surface area contributed by atoms with Gasteiger partial charge in [-0.3, -0.25) is 9.78 Å². The van der Waals surface area contributed by atoms with Crippen LogP contribution in [0.2, 0.25) is 5.02 Å². The highest BCUT2D eigenvalue weighted by atomic mass is 35.5. The first-order chi connectivity index (χ1) is 18.4. The topological polar surface area (TPSA) is 80.7 Å². The van der Waals surface area contributed by atoms with Crippen molar-refractivity contribution in [2.45, 2.75) is 43.1 Å². The molecule has 2 aromatic carbocycles. The minimum absolute atomic E-state index is 0.106. The molecule has 0 bridgehead atoms. The highest BCUT2D eigenvalue weighted by Gasteiger charge is 2.22. The predicted molar refractivity (Wildman–Crippen MR) is 145 cm³/mol. The number of hydrogen-bond donors (Lipinski definition) is 2. The maximum Gasteiger partial charge on any atom is 0.310 e. The largest absolute Gasteiger partial charge is 0.497 e.